The standard InChI is InChI=1S/C16H14N2O2S/c1-10-4-3-5-12(8-10)18-16(19)15-7-6-14(20-15)13-9-21-11(2)17-13/h3-9H,1-2H3,(H,18,19). The summed E-state index contributed by atoms with van der Waals surface area (Å²) >= 11 is 1.55. The van der Waals surface area contributed by atoms with E-state index in [4.69, 9.17) is 4.42 Å². The first-order valence-electron chi connectivity index (χ1n) is 6.52. The van der Waals surface area contributed by atoms with Gasteiger partial charge >= 0.3 is 0 Å². The number of hydrogen-bond donors (Lipinski definition) is 1. The van der Waals surface area contributed by atoms with Crippen molar-refractivity contribution in [3.8, 4) is 11.5 Å². The molecule has 0 bridgehead atoms. The predicted molar refractivity (Wildman–Crippen MR) is 83.7 cm³/mol. The van der Waals surface area contributed by atoms with Crippen LogP contribution in [0.1, 0.15) is 21.1 Å². The van der Waals surface area contributed by atoms with Gasteiger partial charge in [0, 0.05) is 11.1 Å². The first-order valence-corrected chi connectivity index (χ1v) is 7.40. The Bertz CT molecular complexity index is 789. The van der Waals surface area contributed by atoms with Crippen molar-refractivity contribution in [1.82, 2.24) is 4.98 Å². The van der Waals surface area contributed by atoms with Crippen LogP contribution in [0.4, 0.5) is 5.69 Å². The van der Waals surface area contributed by atoms with E-state index >= 15 is 0 Å². The number of aromatic nitrogens is 1. The SMILES string of the molecule is Cc1cccc(NC(=O)c2ccc(-c3csc(C)n3)o2)c1. The average molecular weight is 298 g/mol. The highest BCUT2D eigenvalue weighted by Gasteiger charge is 2.13. The third-order valence-corrected chi connectivity index (χ3v) is 3.75. The van der Waals surface area contributed by atoms with Crippen LogP contribution in [0.3, 0.4) is 0 Å². The highest BCUT2D eigenvalue weighted by molar-refractivity contribution is 7.09. The maximum Gasteiger partial charge on any atom is 0.291 e. The van der Waals surface area contributed by atoms with Gasteiger partial charge in [0.1, 0.15) is 5.69 Å². The summed E-state index contributed by atoms with van der Waals surface area (Å²) < 4.78 is 5.58. The predicted octanol–water partition coefficient (Wildman–Crippen LogP) is 4.27. The second-order valence-corrected chi connectivity index (χ2v) is 5.80. The molecule has 5 heteroatoms. The van der Waals surface area contributed by atoms with E-state index in [1.54, 1.807) is 23.5 Å². The van der Waals surface area contributed by atoms with Crippen LogP contribution >= 0.6 is 11.3 Å². The molecule has 1 aromatic carbocycles. The van der Waals surface area contributed by atoms with E-state index in [-0.39, 0.29) is 11.7 Å². The van der Waals surface area contributed by atoms with E-state index < -0.39 is 0 Å². The van der Waals surface area contributed by atoms with Gasteiger partial charge in [0.25, 0.3) is 5.91 Å². The lowest BCUT2D eigenvalue weighted by molar-refractivity contribution is 0.0997. The van der Waals surface area contributed by atoms with Gasteiger partial charge in [-0.15, -0.1) is 11.3 Å². The lowest BCUT2D eigenvalue weighted by Crippen LogP contribution is -2.10. The maximum atomic E-state index is 12.2. The Morgan fingerprint density at radius 3 is 2.81 bits per heavy atom. The molecule has 4 nitrogen and oxygen atoms in total. The van der Waals surface area contributed by atoms with Gasteiger partial charge in [-0.2, -0.15) is 0 Å². The van der Waals surface area contributed by atoms with Gasteiger partial charge in [-0.25, -0.2) is 4.98 Å². The molecule has 1 amide bonds. The molecule has 0 radical (unpaired) electrons. The molecule has 0 spiro atoms. The van der Waals surface area contributed by atoms with E-state index in [0.717, 1.165) is 22.0 Å². The van der Waals surface area contributed by atoms with Crippen LogP contribution in [-0.4, -0.2) is 10.9 Å². The van der Waals surface area contributed by atoms with Gasteiger partial charge in [-0.1, -0.05) is 12.1 Å². The molecule has 0 aliphatic heterocycles. The lowest BCUT2D eigenvalue weighted by atomic mass is 10.2. The molecule has 1 N–H and O–H groups in total. The van der Waals surface area contributed by atoms with E-state index in [9.17, 15) is 4.79 Å². The number of benzene rings is 1. The van der Waals surface area contributed by atoms with E-state index in [0.29, 0.717) is 5.76 Å². The Morgan fingerprint density at radius 2 is 2.10 bits per heavy atom. The topological polar surface area (TPSA) is 55.1 Å². The largest absolute Gasteiger partial charge is 0.449 e. The van der Waals surface area contributed by atoms with E-state index in [2.05, 4.69) is 10.3 Å². The minimum absolute atomic E-state index is 0.265. The van der Waals surface area contributed by atoms with Crippen molar-refractivity contribution in [2.45, 2.75) is 13.8 Å². The van der Waals surface area contributed by atoms with Crippen LogP contribution in [0.2, 0.25) is 0 Å². The summed E-state index contributed by atoms with van der Waals surface area (Å²) in [6.07, 6.45) is 0. The zero-order valence-corrected chi connectivity index (χ0v) is 12.5. The van der Waals surface area contributed by atoms with Crippen molar-refractivity contribution in [2.24, 2.45) is 0 Å². The molecule has 2 heterocycles. The molecule has 3 rings (SSSR count). The van der Waals surface area contributed by atoms with Crippen molar-refractivity contribution < 1.29 is 9.21 Å². The third-order valence-electron chi connectivity index (χ3n) is 2.98. The zero-order chi connectivity index (χ0) is 14.8. The summed E-state index contributed by atoms with van der Waals surface area (Å²) in [5.74, 6) is 0.615. The number of anilines is 1. The molecule has 0 aliphatic rings. The normalized spacial score (nSPS) is 10.6. The second-order valence-electron chi connectivity index (χ2n) is 4.74. The average Bonchev–Trinajstić information content (AvgIpc) is 3.07. The van der Waals surface area contributed by atoms with E-state index in [1.165, 1.54) is 0 Å². The first-order chi connectivity index (χ1) is 10.1. The highest BCUT2D eigenvalue weighted by Crippen LogP contribution is 2.24. The molecule has 0 saturated heterocycles. The second kappa shape index (κ2) is 5.54. The zero-order valence-electron chi connectivity index (χ0n) is 11.7. The number of hydrogen-bond acceptors (Lipinski definition) is 4. The molecule has 3 aromatic rings. The number of aryl methyl sites for hydroxylation is 2. The maximum absolute atomic E-state index is 12.2. The minimum Gasteiger partial charge on any atom is -0.449 e. The van der Waals surface area contributed by atoms with Gasteiger partial charge in [0.05, 0.1) is 5.01 Å². The number of nitrogens with zero attached hydrogens (tertiary/aromatic N) is 1. The molecule has 106 valence electrons. The van der Waals surface area contributed by atoms with Crippen LogP contribution in [0, 0.1) is 13.8 Å². The third kappa shape index (κ3) is 3.03. The van der Waals surface area contributed by atoms with E-state index in [1.807, 2.05) is 43.5 Å². The van der Waals surface area contributed by atoms with Gasteiger partial charge in [-0.3, -0.25) is 4.79 Å². The Balaban J connectivity index is 1.78. The smallest absolute Gasteiger partial charge is 0.291 e. The lowest BCUT2D eigenvalue weighted by Gasteiger charge is -2.03. The molecule has 21 heavy (non-hydrogen) atoms. The number of rotatable bonds is 3. The molecular weight excluding hydrogens is 284 g/mol. The van der Waals surface area contributed by atoms with Crippen molar-refractivity contribution in [2.75, 3.05) is 5.32 Å². The van der Waals surface area contributed by atoms with Gasteiger partial charge in [0.15, 0.2) is 11.5 Å². The fourth-order valence-electron chi connectivity index (χ4n) is 1.99. The summed E-state index contributed by atoms with van der Waals surface area (Å²) in [5, 5.41) is 5.70. The van der Waals surface area contributed by atoms with Crippen molar-refractivity contribution in [3.05, 3.63) is 58.1 Å². The van der Waals surface area contributed by atoms with Crippen LogP contribution in [-0.2, 0) is 0 Å². The Hall–Kier alpha value is -2.40. The fourth-order valence-corrected chi connectivity index (χ4v) is 2.59. The molecular formula is C16H14N2O2S. The monoisotopic (exact) mass is 298 g/mol. The minimum atomic E-state index is -0.265. The van der Waals surface area contributed by atoms with Gasteiger partial charge in [-0.05, 0) is 43.7 Å². The Morgan fingerprint density at radius 1 is 1.24 bits per heavy atom. The molecule has 0 atom stereocenters. The van der Waals surface area contributed by atoms with Crippen LogP contribution in [0.25, 0.3) is 11.5 Å². The molecule has 0 unspecified atom stereocenters. The number of thiazole rings is 1. The van der Waals surface area contributed by atoms with Crippen molar-refractivity contribution in [1.29, 1.82) is 0 Å². The number of amides is 1. The van der Waals surface area contributed by atoms with Crippen LogP contribution in [0.5, 0.6) is 0 Å². The number of carbonyl (C=O) groups excluding carboxylic acids is 1. The highest BCUT2D eigenvalue weighted by atomic mass is 32.1. The van der Waals surface area contributed by atoms with Gasteiger partial charge < -0.3 is 9.73 Å². The molecule has 0 saturated carbocycles. The summed E-state index contributed by atoms with van der Waals surface area (Å²) in [6, 6.07) is 11.1. The first kappa shape index (κ1) is 13.6. The fraction of sp³-hybridized carbons (Fsp3) is 0.125. The number of nitrogens with one attached hydrogen (secondary N) is 1. The summed E-state index contributed by atoms with van der Waals surface area (Å²) in [7, 11) is 0. The van der Waals surface area contributed by atoms with Gasteiger partial charge in [0.2, 0.25) is 0 Å². The van der Waals surface area contributed by atoms with Crippen LogP contribution < -0.4 is 5.32 Å². The molecule has 2 aromatic heterocycles. The molecule has 0 fully saturated rings. The van der Waals surface area contributed by atoms with Crippen molar-refractivity contribution >= 4 is 22.9 Å². The molecule has 0 aliphatic carbocycles. The quantitative estimate of drug-likeness (QED) is 0.785. The van der Waals surface area contributed by atoms with Crippen molar-refractivity contribution in [3.63, 3.8) is 0 Å². The number of furan rings is 1. The Labute approximate surface area is 126 Å². The Kier molecular flexibility index (Phi) is 3.58. The number of carbonyl (C=O) groups is 1. The van der Waals surface area contributed by atoms with Crippen LogP contribution in [0.15, 0.2) is 46.2 Å². The summed E-state index contributed by atoms with van der Waals surface area (Å²) in [4.78, 5) is 16.5. The summed E-state index contributed by atoms with van der Waals surface area (Å²) in [6.45, 7) is 3.91. The summed E-state index contributed by atoms with van der Waals surface area (Å²) in [5.41, 5.74) is 2.60.